The fourth-order valence-electron chi connectivity index (χ4n) is 1.27. The van der Waals surface area contributed by atoms with Gasteiger partial charge in [-0.1, -0.05) is 0 Å². The number of phenols is 1. The highest BCUT2D eigenvalue weighted by Crippen LogP contribution is 2.28. The van der Waals surface area contributed by atoms with Crippen LogP contribution >= 0.6 is 0 Å². The third-order valence-corrected chi connectivity index (χ3v) is 2.32. The summed E-state index contributed by atoms with van der Waals surface area (Å²) in [7, 11) is 0. The van der Waals surface area contributed by atoms with Crippen LogP contribution in [0.5, 0.6) is 5.75 Å². The lowest BCUT2D eigenvalue weighted by atomic mass is 10.2. The molecule has 0 bridgehead atoms. The highest BCUT2D eigenvalue weighted by Gasteiger charge is 2.30. The minimum absolute atomic E-state index is 0.295. The summed E-state index contributed by atoms with van der Waals surface area (Å²) in [5.41, 5.74) is -0.691. The first kappa shape index (κ1) is 16.7. The van der Waals surface area contributed by atoms with E-state index < -0.39 is 41.2 Å². The van der Waals surface area contributed by atoms with Crippen molar-refractivity contribution in [2.45, 2.75) is 19.2 Å². The van der Waals surface area contributed by atoms with Gasteiger partial charge in [0, 0.05) is 12.1 Å². The number of ether oxygens (including phenoxy) is 1. The van der Waals surface area contributed by atoms with Gasteiger partial charge < -0.3 is 15.2 Å². The minimum atomic E-state index is -4.58. The summed E-state index contributed by atoms with van der Waals surface area (Å²) < 4.78 is 40.1. The van der Waals surface area contributed by atoms with Gasteiger partial charge in [-0.05, 0) is 13.0 Å². The summed E-state index contributed by atoms with van der Waals surface area (Å²) in [5.74, 6) is -1.44. The number of nitrogens with zero attached hydrogens (tertiary/aromatic N) is 1. The van der Waals surface area contributed by atoms with Gasteiger partial charge in [0.15, 0.2) is 0 Å². The van der Waals surface area contributed by atoms with Gasteiger partial charge >= 0.3 is 6.18 Å². The zero-order chi connectivity index (χ0) is 16.2. The molecule has 0 aliphatic carbocycles. The largest absolute Gasteiger partial charge is 0.506 e. The second kappa shape index (κ2) is 6.39. The highest BCUT2D eigenvalue weighted by atomic mass is 19.4. The van der Waals surface area contributed by atoms with E-state index in [-0.39, 0.29) is 5.69 Å². The number of anilines is 1. The van der Waals surface area contributed by atoms with E-state index >= 15 is 0 Å². The van der Waals surface area contributed by atoms with Gasteiger partial charge in [-0.25, -0.2) is 0 Å². The van der Waals surface area contributed by atoms with Crippen molar-refractivity contribution in [1.82, 2.24) is 0 Å². The van der Waals surface area contributed by atoms with Crippen LogP contribution in [0.15, 0.2) is 18.2 Å². The Morgan fingerprint density at radius 2 is 2.14 bits per heavy atom. The molecule has 0 aliphatic heterocycles. The smallest absolute Gasteiger partial charge is 0.411 e. The first-order valence-electron chi connectivity index (χ1n) is 5.57. The maximum Gasteiger partial charge on any atom is 0.411 e. The van der Waals surface area contributed by atoms with E-state index in [1.165, 1.54) is 0 Å². The Bertz CT molecular complexity index is 547. The SMILES string of the molecule is CC(OCC(F)(F)F)C(=O)Nc1cc([N+](=O)[O-])ccc1O. The lowest BCUT2D eigenvalue weighted by Gasteiger charge is -2.15. The van der Waals surface area contributed by atoms with Gasteiger partial charge in [0.1, 0.15) is 18.5 Å². The quantitative estimate of drug-likeness (QED) is 0.493. The summed E-state index contributed by atoms with van der Waals surface area (Å²) >= 11 is 0. The highest BCUT2D eigenvalue weighted by molar-refractivity contribution is 5.95. The van der Waals surface area contributed by atoms with E-state index in [0.29, 0.717) is 0 Å². The number of carbonyl (C=O) groups excluding carboxylic acids is 1. The second-order valence-electron chi connectivity index (χ2n) is 4.02. The van der Waals surface area contributed by atoms with Crippen LogP contribution in [0.25, 0.3) is 0 Å². The molecule has 10 heteroatoms. The molecule has 7 nitrogen and oxygen atoms in total. The number of hydrogen-bond acceptors (Lipinski definition) is 5. The molecule has 0 radical (unpaired) electrons. The van der Waals surface area contributed by atoms with Gasteiger partial charge in [-0.15, -0.1) is 0 Å². The topological polar surface area (TPSA) is 102 Å². The number of non-ortho nitro benzene ring substituents is 1. The van der Waals surface area contributed by atoms with Crippen LogP contribution in [0.2, 0.25) is 0 Å². The molecule has 21 heavy (non-hydrogen) atoms. The van der Waals surface area contributed by atoms with Crippen molar-refractivity contribution in [3.05, 3.63) is 28.3 Å². The number of nitrogens with one attached hydrogen (secondary N) is 1. The zero-order valence-corrected chi connectivity index (χ0v) is 10.7. The summed E-state index contributed by atoms with van der Waals surface area (Å²) in [6.45, 7) is -0.530. The maximum absolute atomic E-state index is 11.9. The molecule has 1 atom stereocenters. The van der Waals surface area contributed by atoms with Gasteiger partial charge in [0.05, 0.1) is 10.6 Å². The molecule has 116 valence electrons. The molecule has 1 rings (SSSR count). The number of carbonyl (C=O) groups is 1. The van der Waals surface area contributed by atoms with Crippen molar-refractivity contribution in [3.8, 4) is 5.75 Å². The van der Waals surface area contributed by atoms with Crippen molar-refractivity contribution < 1.29 is 32.7 Å². The molecule has 0 aromatic heterocycles. The number of nitro groups is 1. The summed E-state index contributed by atoms with van der Waals surface area (Å²) in [5, 5.41) is 22.1. The Kier molecular flexibility index (Phi) is 5.08. The van der Waals surface area contributed by atoms with Crippen LogP contribution in [0.3, 0.4) is 0 Å². The van der Waals surface area contributed by atoms with E-state index in [4.69, 9.17) is 0 Å². The average molecular weight is 308 g/mol. The predicted molar refractivity (Wildman–Crippen MR) is 64.9 cm³/mol. The molecular formula is C11H11F3N2O5. The van der Waals surface area contributed by atoms with Crippen LogP contribution < -0.4 is 5.32 Å². The molecule has 1 aromatic carbocycles. The Labute approximate surface area is 116 Å². The van der Waals surface area contributed by atoms with Crippen molar-refractivity contribution >= 4 is 17.3 Å². The number of halogens is 3. The number of hydrogen-bond donors (Lipinski definition) is 2. The Morgan fingerprint density at radius 1 is 1.52 bits per heavy atom. The minimum Gasteiger partial charge on any atom is -0.506 e. The molecular weight excluding hydrogens is 297 g/mol. The summed E-state index contributed by atoms with van der Waals surface area (Å²) in [6, 6.07) is 2.87. The maximum atomic E-state index is 11.9. The number of alkyl halides is 3. The number of aromatic hydroxyl groups is 1. The standard InChI is InChI=1S/C11H11F3N2O5/c1-6(21-5-11(12,13)14)10(18)15-8-4-7(16(19)20)2-3-9(8)17/h2-4,6,17H,5H2,1H3,(H,15,18). The van der Waals surface area contributed by atoms with Crippen LogP contribution in [0.1, 0.15) is 6.92 Å². The van der Waals surface area contributed by atoms with E-state index in [0.717, 1.165) is 25.1 Å². The van der Waals surface area contributed by atoms with E-state index in [1.807, 2.05) is 0 Å². The summed E-state index contributed by atoms with van der Waals surface area (Å²) in [6.07, 6.45) is -6.03. The molecule has 2 N–H and O–H groups in total. The molecule has 0 fully saturated rings. The number of phenolic OH excluding ortho intramolecular Hbond substituents is 1. The normalized spacial score (nSPS) is 12.8. The van der Waals surface area contributed by atoms with E-state index in [9.17, 15) is 33.2 Å². The van der Waals surface area contributed by atoms with Crippen LogP contribution in [0.4, 0.5) is 24.5 Å². The Hall–Kier alpha value is -2.36. The van der Waals surface area contributed by atoms with E-state index in [2.05, 4.69) is 10.1 Å². The van der Waals surface area contributed by atoms with Gasteiger partial charge in [-0.3, -0.25) is 14.9 Å². The fourth-order valence-corrected chi connectivity index (χ4v) is 1.27. The van der Waals surface area contributed by atoms with Crippen molar-refractivity contribution in [2.24, 2.45) is 0 Å². The molecule has 1 aromatic rings. The monoisotopic (exact) mass is 308 g/mol. The third-order valence-electron chi connectivity index (χ3n) is 2.32. The average Bonchev–Trinajstić information content (AvgIpc) is 2.37. The zero-order valence-electron chi connectivity index (χ0n) is 10.7. The van der Waals surface area contributed by atoms with Gasteiger partial charge in [0.25, 0.3) is 11.6 Å². The van der Waals surface area contributed by atoms with Crippen LogP contribution in [-0.4, -0.2) is 34.8 Å². The van der Waals surface area contributed by atoms with E-state index in [1.54, 1.807) is 0 Å². The number of benzene rings is 1. The molecule has 0 heterocycles. The Balaban J connectivity index is 2.74. The lowest BCUT2D eigenvalue weighted by Crippen LogP contribution is -2.31. The number of nitro benzene ring substituents is 1. The van der Waals surface area contributed by atoms with Gasteiger partial charge in [-0.2, -0.15) is 13.2 Å². The van der Waals surface area contributed by atoms with Crippen LogP contribution in [-0.2, 0) is 9.53 Å². The van der Waals surface area contributed by atoms with Gasteiger partial charge in [0.2, 0.25) is 0 Å². The molecule has 1 amide bonds. The fraction of sp³-hybridized carbons (Fsp3) is 0.364. The molecule has 1 unspecified atom stereocenters. The predicted octanol–water partition coefficient (Wildman–Crippen LogP) is 2.21. The second-order valence-corrected chi connectivity index (χ2v) is 4.02. The molecule has 0 aliphatic rings. The molecule has 0 saturated heterocycles. The summed E-state index contributed by atoms with van der Waals surface area (Å²) in [4.78, 5) is 21.4. The van der Waals surface area contributed by atoms with Crippen molar-refractivity contribution in [3.63, 3.8) is 0 Å². The lowest BCUT2D eigenvalue weighted by molar-refractivity contribution is -0.384. The molecule has 0 spiro atoms. The first-order chi connectivity index (χ1) is 9.60. The number of rotatable bonds is 5. The van der Waals surface area contributed by atoms with Crippen molar-refractivity contribution in [1.29, 1.82) is 0 Å². The third kappa shape index (κ3) is 5.26. The Morgan fingerprint density at radius 3 is 2.67 bits per heavy atom. The first-order valence-corrected chi connectivity index (χ1v) is 5.57. The number of amides is 1. The van der Waals surface area contributed by atoms with Crippen LogP contribution in [0, 0.1) is 10.1 Å². The van der Waals surface area contributed by atoms with Crippen molar-refractivity contribution in [2.75, 3.05) is 11.9 Å². The molecule has 0 saturated carbocycles.